The average molecular weight is 281 g/mol. The van der Waals surface area contributed by atoms with Crippen LogP contribution in [-0.4, -0.2) is 19.3 Å². The molecule has 1 heterocycles. The number of ether oxygens (including phenoxy) is 1. The maximum atomic E-state index is 5.67. The van der Waals surface area contributed by atoms with E-state index >= 15 is 0 Å². The van der Waals surface area contributed by atoms with Crippen LogP contribution in [0.25, 0.3) is 11.1 Å². The summed E-state index contributed by atoms with van der Waals surface area (Å²) in [5.74, 6) is 0. The van der Waals surface area contributed by atoms with Gasteiger partial charge in [0.2, 0.25) is 0 Å². The molecule has 3 rings (SSSR count). The van der Waals surface area contributed by atoms with E-state index < -0.39 is 0 Å². The minimum Gasteiger partial charge on any atom is -0.385 e. The number of anilines is 1. The number of rotatable bonds is 6. The highest BCUT2D eigenvalue weighted by Crippen LogP contribution is 2.27. The minimum absolute atomic E-state index is 0.496. The highest BCUT2D eigenvalue weighted by atomic mass is 16.5. The molecule has 1 aliphatic rings. The highest BCUT2D eigenvalue weighted by molar-refractivity contribution is 5.77. The first kappa shape index (κ1) is 14.2. The van der Waals surface area contributed by atoms with Gasteiger partial charge in [0, 0.05) is 24.4 Å². The summed E-state index contributed by atoms with van der Waals surface area (Å²) >= 11 is 0. The van der Waals surface area contributed by atoms with Gasteiger partial charge in [-0.25, -0.2) is 0 Å². The maximum Gasteiger partial charge on any atom is 0.0576 e. The Balaban J connectivity index is 1.58. The third-order valence-corrected chi connectivity index (χ3v) is 4.05. The van der Waals surface area contributed by atoms with Gasteiger partial charge in [-0.15, -0.1) is 0 Å². The van der Waals surface area contributed by atoms with Gasteiger partial charge in [-0.1, -0.05) is 48.5 Å². The Morgan fingerprint density at radius 1 is 1.00 bits per heavy atom. The summed E-state index contributed by atoms with van der Waals surface area (Å²) in [6.45, 7) is 1.96. The fourth-order valence-corrected chi connectivity index (χ4v) is 2.93. The van der Waals surface area contributed by atoms with Gasteiger partial charge in [0.05, 0.1) is 6.10 Å². The van der Waals surface area contributed by atoms with Crippen molar-refractivity contribution in [1.82, 2.24) is 0 Å². The molecule has 1 N–H and O–H groups in total. The van der Waals surface area contributed by atoms with Crippen LogP contribution in [0, 0.1) is 0 Å². The molecular weight excluding hydrogens is 258 g/mol. The smallest absolute Gasteiger partial charge is 0.0576 e. The number of nitrogens with one attached hydrogen (secondary N) is 1. The van der Waals surface area contributed by atoms with E-state index in [-0.39, 0.29) is 0 Å². The van der Waals surface area contributed by atoms with Crippen molar-refractivity contribution in [2.24, 2.45) is 0 Å². The summed E-state index contributed by atoms with van der Waals surface area (Å²) in [6, 6.07) is 19.1. The summed E-state index contributed by atoms with van der Waals surface area (Å²) in [4.78, 5) is 0. The number of hydrogen-bond acceptors (Lipinski definition) is 2. The summed E-state index contributed by atoms with van der Waals surface area (Å²) in [5.41, 5.74) is 3.76. The summed E-state index contributed by atoms with van der Waals surface area (Å²) in [6.07, 6.45) is 5.29. The predicted molar refractivity (Wildman–Crippen MR) is 88.6 cm³/mol. The van der Waals surface area contributed by atoms with E-state index in [0.717, 1.165) is 19.6 Å². The van der Waals surface area contributed by atoms with E-state index in [0.29, 0.717) is 6.10 Å². The van der Waals surface area contributed by atoms with Crippen molar-refractivity contribution < 1.29 is 4.74 Å². The first-order valence-electron chi connectivity index (χ1n) is 7.93. The highest BCUT2D eigenvalue weighted by Gasteiger charge is 2.14. The molecule has 2 nitrogen and oxygen atoms in total. The van der Waals surface area contributed by atoms with Gasteiger partial charge in [-0.05, 0) is 37.3 Å². The minimum atomic E-state index is 0.496. The first-order valence-corrected chi connectivity index (χ1v) is 7.93. The molecule has 0 aliphatic carbocycles. The Hall–Kier alpha value is -1.80. The molecule has 1 fully saturated rings. The third-order valence-electron chi connectivity index (χ3n) is 4.05. The van der Waals surface area contributed by atoms with Gasteiger partial charge in [-0.2, -0.15) is 0 Å². The Morgan fingerprint density at radius 2 is 1.81 bits per heavy atom. The van der Waals surface area contributed by atoms with E-state index in [1.54, 1.807) is 0 Å². The van der Waals surface area contributed by atoms with E-state index in [1.807, 2.05) is 0 Å². The van der Waals surface area contributed by atoms with Crippen molar-refractivity contribution in [2.45, 2.75) is 31.8 Å². The zero-order chi connectivity index (χ0) is 14.3. The summed E-state index contributed by atoms with van der Waals surface area (Å²) in [7, 11) is 0. The lowest BCUT2D eigenvalue weighted by Crippen LogP contribution is -2.09. The van der Waals surface area contributed by atoms with Gasteiger partial charge in [0.15, 0.2) is 0 Å². The molecule has 0 radical (unpaired) electrons. The van der Waals surface area contributed by atoms with Crippen molar-refractivity contribution in [3.05, 3.63) is 54.6 Å². The third kappa shape index (κ3) is 3.85. The van der Waals surface area contributed by atoms with Crippen LogP contribution in [0.2, 0.25) is 0 Å². The zero-order valence-electron chi connectivity index (χ0n) is 12.4. The second kappa shape index (κ2) is 7.28. The Bertz CT molecular complexity index is 547. The van der Waals surface area contributed by atoms with E-state index in [1.165, 1.54) is 36.1 Å². The van der Waals surface area contributed by atoms with Crippen LogP contribution in [0.15, 0.2) is 54.6 Å². The van der Waals surface area contributed by atoms with Gasteiger partial charge in [0.1, 0.15) is 0 Å². The molecule has 2 aromatic carbocycles. The summed E-state index contributed by atoms with van der Waals surface area (Å²) < 4.78 is 5.67. The molecule has 1 aliphatic heterocycles. The molecule has 1 atom stereocenters. The van der Waals surface area contributed by atoms with E-state index in [4.69, 9.17) is 4.74 Å². The molecule has 2 aromatic rings. The Morgan fingerprint density at radius 3 is 2.62 bits per heavy atom. The van der Waals surface area contributed by atoms with Crippen molar-refractivity contribution in [1.29, 1.82) is 0 Å². The number of para-hydroxylation sites is 1. The molecule has 0 spiro atoms. The lowest BCUT2D eigenvalue weighted by atomic mass is 10.0. The van der Waals surface area contributed by atoms with Crippen molar-refractivity contribution >= 4 is 5.69 Å². The van der Waals surface area contributed by atoms with Crippen LogP contribution >= 0.6 is 0 Å². The quantitative estimate of drug-likeness (QED) is 0.773. The molecule has 1 unspecified atom stereocenters. The molecule has 0 bridgehead atoms. The van der Waals surface area contributed by atoms with Crippen LogP contribution in [0.3, 0.4) is 0 Å². The van der Waals surface area contributed by atoms with Crippen LogP contribution < -0.4 is 5.32 Å². The second-order valence-electron chi connectivity index (χ2n) is 5.62. The molecule has 0 saturated carbocycles. The largest absolute Gasteiger partial charge is 0.385 e. The van der Waals surface area contributed by atoms with Crippen molar-refractivity contribution in [2.75, 3.05) is 18.5 Å². The fourth-order valence-electron chi connectivity index (χ4n) is 2.93. The van der Waals surface area contributed by atoms with E-state index in [2.05, 4.69) is 59.9 Å². The predicted octanol–water partition coefficient (Wildman–Crippen LogP) is 4.72. The van der Waals surface area contributed by atoms with Gasteiger partial charge in [-0.3, -0.25) is 0 Å². The molecule has 0 amide bonds. The normalized spacial score (nSPS) is 17.8. The maximum absolute atomic E-state index is 5.67. The molecule has 1 saturated heterocycles. The SMILES string of the molecule is c1ccc(-c2ccccc2NCCCC2CCCO2)cc1. The molecular formula is C19H23NO. The lowest BCUT2D eigenvalue weighted by Gasteiger charge is -2.13. The summed E-state index contributed by atoms with van der Waals surface area (Å²) in [5, 5.41) is 3.58. The number of hydrogen-bond donors (Lipinski definition) is 1. The van der Waals surface area contributed by atoms with Crippen LogP contribution in [0.5, 0.6) is 0 Å². The van der Waals surface area contributed by atoms with Crippen molar-refractivity contribution in [3.8, 4) is 11.1 Å². The zero-order valence-corrected chi connectivity index (χ0v) is 12.4. The van der Waals surface area contributed by atoms with Gasteiger partial charge < -0.3 is 10.1 Å². The Kier molecular flexibility index (Phi) is 4.90. The monoisotopic (exact) mass is 281 g/mol. The standard InChI is InChI=1S/C19H23NO/c1-2-8-16(9-3-1)18-12-4-5-13-19(18)20-14-6-10-17-11-7-15-21-17/h1-5,8-9,12-13,17,20H,6-7,10-11,14-15H2. The number of benzene rings is 2. The molecule has 110 valence electrons. The average Bonchev–Trinajstić information content (AvgIpc) is 3.06. The molecule has 2 heteroatoms. The fraction of sp³-hybridized carbons (Fsp3) is 0.368. The second-order valence-corrected chi connectivity index (χ2v) is 5.62. The van der Waals surface area contributed by atoms with Crippen molar-refractivity contribution in [3.63, 3.8) is 0 Å². The first-order chi connectivity index (χ1) is 10.4. The lowest BCUT2D eigenvalue weighted by molar-refractivity contribution is 0.103. The molecule has 0 aromatic heterocycles. The molecule has 21 heavy (non-hydrogen) atoms. The van der Waals surface area contributed by atoms with Gasteiger partial charge in [0.25, 0.3) is 0 Å². The van der Waals surface area contributed by atoms with Crippen LogP contribution in [0.4, 0.5) is 5.69 Å². The van der Waals surface area contributed by atoms with Crippen LogP contribution in [0.1, 0.15) is 25.7 Å². The Labute approximate surface area is 127 Å². The van der Waals surface area contributed by atoms with Gasteiger partial charge >= 0.3 is 0 Å². The van der Waals surface area contributed by atoms with Crippen LogP contribution in [-0.2, 0) is 4.74 Å². The van der Waals surface area contributed by atoms with E-state index in [9.17, 15) is 0 Å². The topological polar surface area (TPSA) is 21.3 Å².